The minimum Gasteiger partial charge on any atom is -0.326 e. The predicted octanol–water partition coefficient (Wildman–Crippen LogP) is 3.64. The molecule has 0 bridgehead atoms. The van der Waals surface area contributed by atoms with Crippen molar-refractivity contribution >= 4 is 33.2 Å². The molecule has 2 amide bonds. The van der Waals surface area contributed by atoms with Gasteiger partial charge in [-0.3, -0.25) is 9.59 Å². The summed E-state index contributed by atoms with van der Waals surface area (Å²) < 4.78 is 28.3. The number of anilines is 2. The van der Waals surface area contributed by atoms with E-state index in [2.05, 4.69) is 5.32 Å². The van der Waals surface area contributed by atoms with Gasteiger partial charge in [-0.15, -0.1) is 0 Å². The van der Waals surface area contributed by atoms with E-state index in [9.17, 15) is 18.0 Å². The maximum Gasteiger partial charge on any atom is 0.243 e. The molecule has 8 heteroatoms. The van der Waals surface area contributed by atoms with Crippen LogP contribution < -0.4 is 10.2 Å². The zero-order chi connectivity index (χ0) is 23.8. The molecule has 0 saturated carbocycles. The Labute approximate surface area is 195 Å². The van der Waals surface area contributed by atoms with E-state index in [-0.39, 0.29) is 23.3 Å². The minimum atomic E-state index is -3.74. The van der Waals surface area contributed by atoms with Crippen molar-refractivity contribution in [1.29, 1.82) is 0 Å². The molecule has 1 unspecified atom stereocenters. The molecule has 0 aromatic heterocycles. The van der Waals surface area contributed by atoms with E-state index in [0.29, 0.717) is 25.9 Å². The number of piperidine rings is 1. The van der Waals surface area contributed by atoms with Crippen molar-refractivity contribution in [2.75, 3.05) is 29.9 Å². The molecule has 1 fully saturated rings. The Balaban J connectivity index is 1.52. The van der Waals surface area contributed by atoms with Gasteiger partial charge in [-0.2, -0.15) is 4.31 Å². The summed E-state index contributed by atoms with van der Waals surface area (Å²) in [6.45, 7) is 6.69. The van der Waals surface area contributed by atoms with E-state index in [4.69, 9.17) is 0 Å². The molecule has 4 rings (SSSR count). The van der Waals surface area contributed by atoms with E-state index in [1.807, 2.05) is 32.0 Å². The first-order valence-corrected chi connectivity index (χ1v) is 12.9. The normalized spacial score (nSPS) is 19.1. The van der Waals surface area contributed by atoms with Gasteiger partial charge in [-0.25, -0.2) is 8.42 Å². The summed E-state index contributed by atoms with van der Waals surface area (Å²) in [5, 5.41) is 2.99. The number of sulfonamides is 1. The van der Waals surface area contributed by atoms with Crippen LogP contribution in [0.2, 0.25) is 0 Å². The van der Waals surface area contributed by atoms with E-state index in [0.717, 1.165) is 40.9 Å². The molecule has 0 aliphatic carbocycles. The number of nitrogens with zero attached hydrogens (tertiary/aromatic N) is 2. The second-order valence-electron chi connectivity index (χ2n) is 9.00. The quantitative estimate of drug-likeness (QED) is 0.741. The van der Waals surface area contributed by atoms with Gasteiger partial charge in [0.1, 0.15) is 0 Å². The Morgan fingerprint density at radius 2 is 1.85 bits per heavy atom. The molecule has 2 heterocycles. The number of hydrogen-bond donors (Lipinski definition) is 1. The van der Waals surface area contributed by atoms with Gasteiger partial charge in [0.25, 0.3) is 0 Å². The summed E-state index contributed by atoms with van der Waals surface area (Å²) in [4.78, 5) is 26.8. The van der Waals surface area contributed by atoms with Crippen molar-refractivity contribution in [1.82, 2.24) is 4.31 Å². The van der Waals surface area contributed by atoms with Crippen molar-refractivity contribution in [3.63, 3.8) is 0 Å². The van der Waals surface area contributed by atoms with Gasteiger partial charge in [0.2, 0.25) is 21.8 Å². The van der Waals surface area contributed by atoms with Crippen molar-refractivity contribution in [3.05, 3.63) is 53.1 Å². The molecular weight excluding hydrogens is 438 g/mol. The van der Waals surface area contributed by atoms with Gasteiger partial charge in [0.15, 0.2) is 0 Å². The third kappa shape index (κ3) is 4.68. The summed E-state index contributed by atoms with van der Waals surface area (Å²) in [5.41, 5.74) is 4.54. The van der Waals surface area contributed by atoms with Crippen LogP contribution in [0.25, 0.3) is 0 Å². The molecule has 1 N–H and O–H groups in total. The molecule has 2 aliphatic rings. The number of nitrogens with one attached hydrogen (secondary N) is 1. The molecule has 176 valence electrons. The van der Waals surface area contributed by atoms with Gasteiger partial charge in [-0.05, 0) is 80.5 Å². The summed E-state index contributed by atoms with van der Waals surface area (Å²) >= 11 is 0. The maximum atomic E-state index is 13.4. The number of benzene rings is 2. The molecular formula is C25H31N3O4S. The van der Waals surface area contributed by atoms with Crippen LogP contribution in [0.4, 0.5) is 11.4 Å². The van der Waals surface area contributed by atoms with Crippen LogP contribution in [0.3, 0.4) is 0 Å². The fourth-order valence-corrected chi connectivity index (χ4v) is 6.28. The monoisotopic (exact) mass is 469 g/mol. The van der Waals surface area contributed by atoms with Crippen molar-refractivity contribution in [2.24, 2.45) is 5.92 Å². The van der Waals surface area contributed by atoms with E-state index < -0.39 is 15.9 Å². The standard InChI is InChI=1S/C25H31N3O4S/c1-17-7-4-10-23(18(17)2)26-25(30)21-9-5-13-27(16-21)33(31,32)22-11-12-24-20(15-22)8-6-14-28(24)19(3)29/h4,7,10-12,15,21H,5-6,8-9,13-14,16H2,1-3H3,(H,26,30). The highest BCUT2D eigenvalue weighted by atomic mass is 32.2. The number of amides is 2. The van der Waals surface area contributed by atoms with Crippen LogP contribution in [0.15, 0.2) is 41.3 Å². The largest absolute Gasteiger partial charge is 0.326 e. The first kappa shape index (κ1) is 23.4. The van der Waals surface area contributed by atoms with Gasteiger partial charge in [0, 0.05) is 37.9 Å². The molecule has 33 heavy (non-hydrogen) atoms. The Morgan fingerprint density at radius 3 is 2.61 bits per heavy atom. The average Bonchev–Trinajstić information content (AvgIpc) is 2.81. The summed E-state index contributed by atoms with van der Waals surface area (Å²) in [5.74, 6) is -0.592. The van der Waals surface area contributed by atoms with E-state index in [1.54, 1.807) is 23.1 Å². The Morgan fingerprint density at radius 1 is 1.06 bits per heavy atom. The highest BCUT2D eigenvalue weighted by Gasteiger charge is 2.34. The van der Waals surface area contributed by atoms with E-state index >= 15 is 0 Å². The van der Waals surface area contributed by atoms with Crippen molar-refractivity contribution in [3.8, 4) is 0 Å². The number of aryl methyl sites for hydroxylation is 2. The second kappa shape index (κ2) is 9.27. The lowest BCUT2D eigenvalue weighted by molar-refractivity contribution is -0.121. The zero-order valence-corrected chi connectivity index (χ0v) is 20.2. The van der Waals surface area contributed by atoms with Gasteiger partial charge in [0.05, 0.1) is 10.8 Å². The van der Waals surface area contributed by atoms with Crippen LogP contribution in [0.5, 0.6) is 0 Å². The minimum absolute atomic E-state index is 0.0414. The Bertz CT molecular complexity index is 1190. The first-order valence-electron chi connectivity index (χ1n) is 11.5. The summed E-state index contributed by atoms with van der Waals surface area (Å²) in [6, 6.07) is 10.8. The van der Waals surface area contributed by atoms with Crippen LogP contribution in [0, 0.1) is 19.8 Å². The fraction of sp³-hybridized carbons (Fsp3) is 0.440. The van der Waals surface area contributed by atoms with Crippen molar-refractivity contribution in [2.45, 2.75) is 51.3 Å². The van der Waals surface area contributed by atoms with Crippen LogP contribution in [-0.4, -0.2) is 44.2 Å². The van der Waals surface area contributed by atoms with Crippen LogP contribution >= 0.6 is 0 Å². The third-order valence-electron chi connectivity index (χ3n) is 6.80. The van der Waals surface area contributed by atoms with E-state index in [1.165, 1.54) is 11.2 Å². The molecule has 0 spiro atoms. The summed E-state index contributed by atoms with van der Waals surface area (Å²) in [6.07, 6.45) is 2.83. The lowest BCUT2D eigenvalue weighted by atomic mass is 9.98. The number of fused-ring (bicyclic) bond motifs is 1. The smallest absolute Gasteiger partial charge is 0.243 e. The SMILES string of the molecule is CC(=O)N1CCCc2cc(S(=O)(=O)N3CCCC(C(=O)Nc4cccc(C)c4C)C3)ccc21. The molecule has 2 aliphatic heterocycles. The fourth-order valence-electron chi connectivity index (χ4n) is 4.71. The first-order chi connectivity index (χ1) is 15.7. The lowest BCUT2D eigenvalue weighted by Gasteiger charge is -2.32. The topological polar surface area (TPSA) is 86.8 Å². The molecule has 0 radical (unpaired) electrons. The average molecular weight is 470 g/mol. The lowest BCUT2D eigenvalue weighted by Crippen LogP contribution is -2.43. The number of rotatable bonds is 4. The Kier molecular flexibility index (Phi) is 6.59. The number of carbonyl (C=O) groups is 2. The summed E-state index contributed by atoms with van der Waals surface area (Å²) in [7, 11) is -3.74. The Hall–Kier alpha value is -2.71. The number of hydrogen-bond acceptors (Lipinski definition) is 4. The molecule has 2 aromatic carbocycles. The van der Waals surface area contributed by atoms with Crippen LogP contribution in [0.1, 0.15) is 42.9 Å². The second-order valence-corrected chi connectivity index (χ2v) is 10.9. The number of carbonyl (C=O) groups excluding carboxylic acids is 2. The highest BCUT2D eigenvalue weighted by Crippen LogP contribution is 2.32. The zero-order valence-electron chi connectivity index (χ0n) is 19.4. The molecule has 7 nitrogen and oxygen atoms in total. The van der Waals surface area contributed by atoms with Crippen LogP contribution in [-0.2, 0) is 26.0 Å². The molecule has 2 aromatic rings. The van der Waals surface area contributed by atoms with Gasteiger partial charge >= 0.3 is 0 Å². The molecule has 1 saturated heterocycles. The van der Waals surface area contributed by atoms with Crippen molar-refractivity contribution < 1.29 is 18.0 Å². The van der Waals surface area contributed by atoms with Gasteiger partial charge in [-0.1, -0.05) is 12.1 Å². The third-order valence-corrected chi connectivity index (χ3v) is 8.67. The highest BCUT2D eigenvalue weighted by molar-refractivity contribution is 7.89. The predicted molar refractivity (Wildman–Crippen MR) is 129 cm³/mol. The molecule has 1 atom stereocenters. The van der Waals surface area contributed by atoms with Gasteiger partial charge < -0.3 is 10.2 Å². The maximum absolute atomic E-state index is 13.4.